The Morgan fingerprint density at radius 1 is 1.18 bits per heavy atom. The molecule has 148 valence electrons. The van der Waals surface area contributed by atoms with E-state index in [2.05, 4.69) is 10.6 Å². The summed E-state index contributed by atoms with van der Waals surface area (Å²) < 4.78 is 10.6. The molecular weight excluding hydrogens is 403 g/mol. The van der Waals surface area contributed by atoms with E-state index in [1.807, 2.05) is 0 Å². The summed E-state index contributed by atoms with van der Waals surface area (Å²) in [5.74, 6) is -0.420. The van der Waals surface area contributed by atoms with Gasteiger partial charge in [0.1, 0.15) is 0 Å². The van der Waals surface area contributed by atoms with Crippen molar-refractivity contribution in [1.82, 2.24) is 5.32 Å². The Bertz CT molecular complexity index is 859. The highest BCUT2D eigenvalue weighted by Gasteiger charge is 2.19. The molecule has 1 atom stereocenters. The summed E-state index contributed by atoms with van der Waals surface area (Å²) >= 11 is 12.2. The Balaban J connectivity index is 1.73. The van der Waals surface area contributed by atoms with Gasteiger partial charge in [0.2, 0.25) is 0 Å². The van der Waals surface area contributed by atoms with Crippen LogP contribution in [0.4, 0.5) is 5.69 Å². The first-order chi connectivity index (χ1) is 13.5. The summed E-state index contributed by atoms with van der Waals surface area (Å²) in [6.45, 7) is 1.16. The van der Waals surface area contributed by atoms with Crippen LogP contribution < -0.4 is 15.4 Å². The van der Waals surface area contributed by atoms with Gasteiger partial charge >= 0.3 is 0 Å². The van der Waals surface area contributed by atoms with Gasteiger partial charge in [-0.25, -0.2) is 0 Å². The van der Waals surface area contributed by atoms with Gasteiger partial charge in [-0.3, -0.25) is 9.59 Å². The van der Waals surface area contributed by atoms with Gasteiger partial charge in [0.05, 0.1) is 34.5 Å². The molecule has 6 nitrogen and oxygen atoms in total. The van der Waals surface area contributed by atoms with Crippen LogP contribution in [0.3, 0.4) is 0 Å². The summed E-state index contributed by atoms with van der Waals surface area (Å²) in [4.78, 5) is 25.2. The Morgan fingerprint density at radius 2 is 1.89 bits per heavy atom. The number of methoxy groups -OCH3 is 1. The van der Waals surface area contributed by atoms with E-state index in [9.17, 15) is 9.59 Å². The third-order valence-corrected chi connectivity index (χ3v) is 4.96. The Morgan fingerprint density at radius 3 is 2.54 bits per heavy atom. The molecule has 0 radical (unpaired) electrons. The zero-order valence-corrected chi connectivity index (χ0v) is 16.8. The smallest absolute Gasteiger partial charge is 0.255 e. The van der Waals surface area contributed by atoms with E-state index in [0.717, 1.165) is 19.4 Å². The molecule has 1 fully saturated rings. The monoisotopic (exact) mass is 422 g/mol. The largest absolute Gasteiger partial charge is 0.494 e. The van der Waals surface area contributed by atoms with Crippen LogP contribution >= 0.6 is 23.2 Å². The van der Waals surface area contributed by atoms with Crippen molar-refractivity contribution in [3.8, 4) is 5.75 Å². The number of carbonyl (C=O) groups excluding carboxylic acids is 2. The van der Waals surface area contributed by atoms with E-state index in [1.165, 1.54) is 19.2 Å². The van der Waals surface area contributed by atoms with Crippen molar-refractivity contribution in [2.24, 2.45) is 0 Å². The maximum atomic E-state index is 12.6. The highest BCUT2D eigenvalue weighted by Crippen LogP contribution is 2.34. The molecule has 1 heterocycles. The van der Waals surface area contributed by atoms with Gasteiger partial charge in [0, 0.05) is 18.7 Å². The lowest BCUT2D eigenvalue weighted by Gasteiger charge is -2.14. The molecule has 2 amide bonds. The lowest BCUT2D eigenvalue weighted by Crippen LogP contribution is -2.32. The van der Waals surface area contributed by atoms with Gasteiger partial charge in [0.15, 0.2) is 5.75 Å². The Labute approximate surface area is 173 Å². The van der Waals surface area contributed by atoms with E-state index in [-0.39, 0.29) is 27.6 Å². The first-order valence-electron chi connectivity index (χ1n) is 8.83. The predicted octanol–water partition coefficient (Wildman–Crippen LogP) is 4.16. The second-order valence-electron chi connectivity index (χ2n) is 6.32. The quantitative estimate of drug-likeness (QED) is 0.732. The summed E-state index contributed by atoms with van der Waals surface area (Å²) in [5.41, 5.74) is 1.00. The lowest BCUT2D eigenvalue weighted by molar-refractivity contribution is 0.0858. The average molecular weight is 423 g/mol. The molecule has 0 spiro atoms. The molecule has 1 aliphatic heterocycles. The van der Waals surface area contributed by atoms with Gasteiger partial charge in [-0.05, 0) is 37.1 Å². The third-order valence-electron chi connectivity index (χ3n) is 4.40. The molecule has 0 aromatic heterocycles. The molecule has 28 heavy (non-hydrogen) atoms. The molecule has 0 saturated carbocycles. The number of anilines is 1. The van der Waals surface area contributed by atoms with Crippen molar-refractivity contribution in [1.29, 1.82) is 0 Å². The Hall–Kier alpha value is -2.28. The van der Waals surface area contributed by atoms with Crippen molar-refractivity contribution in [2.45, 2.75) is 18.9 Å². The van der Waals surface area contributed by atoms with Crippen LogP contribution in [0.1, 0.15) is 33.6 Å². The molecule has 8 heteroatoms. The molecule has 0 bridgehead atoms. The normalized spacial score (nSPS) is 15.9. The van der Waals surface area contributed by atoms with Crippen LogP contribution in [0.15, 0.2) is 36.4 Å². The summed E-state index contributed by atoms with van der Waals surface area (Å²) in [7, 11) is 1.44. The number of hydrogen-bond donors (Lipinski definition) is 2. The highest BCUT2D eigenvalue weighted by molar-refractivity contribution is 6.37. The first kappa shape index (κ1) is 20.5. The van der Waals surface area contributed by atoms with Gasteiger partial charge in [-0.1, -0.05) is 35.3 Å². The molecule has 2 N–H and O–H groups in total. The van der Waals surface area contributed by atoms with E-state index < -0.39 is 5.91 Å². The van der Waals surface area contributed by atoms with Gasteiger partial charge in [0.25, 0.3) is 11.8 Å². The standard InChI is InChI=1S/C20H20Cl2N2O4/c1-27-18-15(21)9-12(10-16(18)22)19(25)24-17-7-3-2-6-14(17)20(26)23-11-13-5-4-8-28-13/h2-3,6-7,9-10,13H,4-5,8,11H2,1H3,(H,23,26)(H,24,25)/t13-/m1/s1. The van der Waals surface area contributed by atoms with E-state index in [1.54, 1.807) is 24.3 Å². The number of amides is 2. The average Bonchev–Trinajstić information content (AvgIpc) is 3.20. The van der Waals surface area contributed by atoms with Crippen molar-refractivity contribution in [3.63, 3.8) is 0 Å². The second kappa shape index (κ2) is 9.28. The van der Waals surface area contributed by atoms with E-state index >= 15 is 0 Å². The van der Waals surface area contributed by atoms with Crippen LogP contribution in [0.25, 0.3) is 0 Å². The second-order valence-corrected chi connectivity index (χ2v) is 7.13. The van der Waals surface area contributed by atoms with Gasteiger partial charge in [-0.2, -0.15) is 0 Å². The fourth-order valence-electron chi connectivity index (χ4n) is 2.98. The number of para-hydroxylation sites is 1. The Kier molecular flexibility index (Phi) is 6.78. The first-order valence-corrected chi connectivity index (χ1v) is 9.58. The zero-order chi connectivity index (χ0) is 20.1. The van der Waals surface area contributed by atoms with E-state index in [4.69, 9.17) is 32.7 Å². The predicted molar refractivity (Wildman–Crippen MR) is 109 cm³/mol. The third kappa shape index (κ3) is 4.76. The van der Waals surface area contributed by atoms with Crippen LogP contribution in [0.5, 0.6) is 5.75 Å². The maximum Gasteiger partial charge on any atom is 0.255 e. The van der Waals surface area contributed by atoms with Crippen molar-refractivity contribution in [3.05, 3.63) is 57.6 Å². The number of carbonyl (C=O) groups is 2. The zero-order valence-electron chi connectivity index (χ0n) is 15.3. The minimum absolute atomic E-state index is 0.0364. The fourth-order valence-corrected chi connectivity index (χ4v) is 3.62. The van der Waals surface area contributed by atoms with E-state index in [0.29, 0.717) is 23.5 Å². The lowest BCUT2D eigenvalue weighted by atomic mass is 10.1. The number of benzene rings is 2. The van der Waals surface area contributed by atoms with Crippen molar-refractivity contribution in [2.75, 3.05) is 25.6 Å². The van der Waals surface area contributed by atoms with Gasteiger partial charge in [-0.15, -0.1) is 0 Å². The van der Waals surface area contributed by atoms with Gasteiger partial charge < -0.3 is 20.1 Å². The van der Waals surface area contributed by atoms with Crippen LogP contribution in [0, 0.1) is 0 Å². The topological polar surface area (TPSA) is 76.7 Å². The number of halogens is 2. The number of hydrogen-bond acceptors (Lipinski definition) is 4. The molecule has 0 aliphatic carbocycles. The minimum Gasteiger partial charge on any atom is -0.494 e. The number of ether oxygens (including phenoxy) is 2. The maximum absolute atomic E-state index is 12.6. The van der Waals surface area contributed by atoms with Crippen LogP contribution in [-0.4, -0.2) is 38.2 Å². The van der Waals surface area contributed by atoms with Crippen molar-refractivity contribution < 1.29 is 19.1 Å². The van der Waals surface area contributed by atoms with Crippen LogP contribution in [-0.2, 0) is 4.74 Å². The fraction of sp³-hybridized carbons (Fsp3) is 0.300. The highest BCUT2D eigenvalue weighted by atomic mass is 35.5. The summed E-state index contributed by atoms with van der Waals surface area (Å²) in [5, 5.41) is 6.04. The molecule has 0 unspecified atom stereocenters. The molecule has 3 rings (SSSR count). The SMILES string of the molecule is COc1c(Cl)cc(C(=O)Nc2ccccc2C(=O)NC[C@H]2CCCO2)cc1Cl. The molecular formula is C20H20Cl2N2O4. The summed E-state index contributed by atoms with van der Waals surface area (Å²) in [6, 6.07) is 9.70. The number of nitrogens with one attached hydrogen (secondary N) is 2. The minimum atomic E-state index is -0.439. The molecule has 1 saturated heterocycles. The number of rotatable bonds is 6. The molecule has 1 aliphatic rings. The van der Waals surface area contributed by atoms with Crippen molar-refractivity contribution >= 4 is 40.7 Å². The molecule has 2 aromatic rings. The summed E-state index contributed by atoms with van der Waals surface area (Å²) in [6.07, 6.45) is 1.96. The van der Waals surface area contributed by atoms with Crippen LogP contribution in [0.2, 0.25) is 10.0 Å². The molecule has 2 aromatic carbocycles.